The van der Waals surface area contributed by atoms with Gasteiger partial charge in [-0.2, -0.15) is 5.10 Å². The maximum atomic E-state index is 11.6. The number of aromatic amines is 1. The van der Waals surface area contributed by atoms with Gasteiger partial charge in [0.15, 0.2) is 0 Å². The summed E-state index contributed by atoms with van der Waals surface area (Å²) < 4.78 is 6.17. The Morgan fingerprint density at radius 1 is 1.33 bits per heavy atom. The van der Waals surface area contributed by atoms with Gasteiger partial charge in [-0.05, 0) is 32.9 Å². The van der Waals surface area contributed by atoms with E-state index >= 15 is 0 Å². The van der Waals surface area contributed by atoms with E-state index in [4.69, 9.17) is 0 Å². The van der Waals surface area contributed by atoms with Crippen LogP contribution >= 0.6 is 0 Å². The van der Waals surface area contributed by atoms with Crippen LogP contribution in [0.25, 0.3) is 22.2 Å². The predicted molar refractivity (Wildman–Crippen MR) is 103 cm³/mol. The second-order valence-electron chi connectivity index (χ2n) is 7.18. The largest absolute Gasteiger partial charge is 0.462 e. The lowest BCUT2D eigenvalue weighted by Crippen LogP contribution is -2.26. The molecule has 0 aliphatic rings. The molecule has 3 heterocycles. The quantitative estimate of drug-likeness (QED) is 0.711. The number of hydrogen-bond acceptors (Lipinski definition) is 5. The van der Waals surface area contributed by atoms with Crippen LogP contribution in [0.4, 0.5) is 0 Å². The summed E-state index contributed by atoms with van der Waals surface area (Å²) in [4.78, 5) is 30.4. The molecule has 0 radical (unpaired) electrons. The number of ether oxygens (including phenoxy) is 1. The van der Waals surface area contributed by atoms with Crippen molar-refractivity contribution < 1.29 is 14.3 Å². The number of carbonyl (C=O) groups excluding carboxylic acids is 2. The molecule has 1 N–H and O–H groups in total. The van der Waals surface area contributed by atoms with E-state index < -0.39 is 0 Å². The predicted octanol–water partition coefficient (Wildman–Crippen LogP) is 2.47. The summed E-state index contributed by atoms with van der Waals surface area (Å²) in [5, 5.41) is 5.27. The lowest BCUT2D eigenvalue weighted by molar-refractivity contribution is -0.138. The maximum absolute atomic E-state index is 11.6. The van der Waals surface area contributed by atoms with Gasteiger partial charge in [0, 0.05) is 49.2 Å². The van der Waals surface area contributed by atoms with Gasteiger partial charge in [-0.1, -0.05) is 0 Å². The van der Waals surface area contributed by atoms with Crippen molar-refractivity contribution in [3.05, 3.63) is 36.9 Å². The summed E-state index contributed by atoms with van der Waals surface area (Å²) in [5.74, 6) is 0.00688. The van der Waals surface area contributed by atoms with Crippen molar-refractivity contribution in [2.75, 3.05) is 14.1 Å². The molecule has 3 aromatic heterocycles. The molecule has 0 bridgehead atoms. The number of rotatable bonds is 4. The fourth-order valence-corrected chi connectivity index (χ4v) is 2.11. The summed E-state index contributed by atoms with van der Waals surface area (Å²) in [7, 11) is 3.46. The molecule has 3 rings (SSSR count). The molecule has 0 fully saturated rings. The fourth-order valence-electron chi connectivity index (χ4n) is 2.11. The van der Waals surface area contributed by atoms with Crippen LogP contribution in [0.15, 0.2) is 36.9 Å². The molecular weight excluding hydrogens is 346 g/mol. The average Bonchev–Trinajstić information content (AvgIpc) is 3.22. The molecule has 3 aromatic rings. The highest BCUT2D eigenvalue weighted by molar-refractivity contribution is 5.82. The molecular formula is C19H25N5O3. The van der Waals surface area contributed by atoms with E-state index in [9.17, 15) is 9.59 Å². The Bertz CT molecular complexity index is 905. The van der Waals surface area contributed by atoms with Gasteiger partial charge in [0.05, 0.1) is 11.9 Å². The number of hydrogen-bond donors (Lipinski definition) is 1. The molecule has 0 atom stereocenters. The highest BCUT2D eigenvalue weighted by Gasteiger charge is 2.09. The normalized spacial score (nSPS) is 10.9. The van der Waals surface area contributed by atoms with Gasteiger partial charge in [0.25, 0.3) is 6.47 Å². The van der Waals surface area contributed by atoms with Crippen molar-refractivity contribution in [2.45, 2.75) is 32.9 Å². The molecule has 0 unspecified atom stereocenters. The molecule has 0 aromatic carbocycles. The van der Waals surface area contributed by atoms with Crippen molar-refractivity contribution >= 4 is 23.3 Å². The SMILES string of the molecule is CC(C)(C)OC=O.CN(C)C(=O)Cn1cc(-c2cc3[nH]ccc3cn2)cn1. The second kappa shape index (κ2) is 8.48. The molecule has 8 nitrogen and oxygen atoms in total. The molecule has 8 heteroatoms. The monoisotopic (exact) mass is 371 g/mol. The molecule has 0 aliphatic heterocycles. The first-order chi connectivity index (χ1) is 12.7. The van der Waals surface area contributed by atoms with Crippen molar-refractivity contribution in [3.8, 4) is 11.3 Å². The minimum atomic E-state index is -0.318. The van der Waals surface area contributed by atoms with Crippen molar-refractivity contribution in [2.24, 2.45) is 0 Å². The van der Waals surface area contributed by atoms with Crippen molar-refractivity contribution in [3.63, 3.8) is 0 Å². The number of amides is 1. The number of fused-ring (bicyclic) bond motifs is 1. The van der Waals surface area contributed by atoms with Gasteiger partial charge in [-0.25, -0.2) is 0 Å². The van der Waals surface area contributed by atoms with Crippen LogP contribution in [0.5, 0.6) is 0 Å². The number of nitrogens with zero attached hydrogens (tertiary/aromatic N) is 4. The third kappa shape index (κ3) is 5.95. The highest BCUT2D eigenvalue weighted by atomic mass is 16.5. The Kier molecular flexibility index (Phi) is 6.33. The van der Waals surface area contributed by atoms with E-state index in [1.807, 2.05) is 51.5 Å². The first kappa shape index (κ1) is 20.2. The zero-order chi connectivity index (χ0) is 20.0. The molecule has 1 amide bonds. The Morgan fingerprint density at radius 2 is 2.07 bits per heavy atom. The summed E-state index contributed by atoms with van der Waals surface area (Å²) >= 11 is 0. The van der Waals surface area contributed by atoms with E-state index in [1.165, 1.54) is 0 Å². The van der Waals surface area contributed by atoms with Gasteiger partial charge in [0.1, 0.15) is 12.1 Å². The van der Waals surface area contributed by atoms with Crippen molar-refractivity contribution in [1.82, 2.24) is 24.6 Å². The summed E-state index contributed by atoms with van der Waals surface area (Å²) in [6, 6.07) is 3.95. The maximum Gasteiger partial charge on any atom is 0.293 e. The van der Waals surface area contributed by atoms with Crippen LogP contribution < -0.4 is 0 Å². The highest BCUT2D eigenvalue weighted by Crippen LogP contribution is 2.20. The third-order valence-electron chi connectivity index (χ3n) is 3.56. The minimum absolute atomic E-state index is 0.00688. The van der Waals surface area contributed by atoms with Crippen LogP contribution in [0, 0.1) is 0 Å². The van der Waals surface area contributed by atoms with Gasteiger partial charge >= 0.3 is 0 Å². The molecule has 0 saturated carbocycles. The second-order valence-corrected chi connectivity index (χ2v) is 7.18. The molecule has 0 saturated heterocycles. The zero-order valence-corrected chi connectivity index (χ0v) is 16.3. The molecule has 144 valence electrons. The fraction of sp³-hybridized carbons (Fsp3) is 0.368. The Hall–Kier alpha value is -3.16. The zero-order valence-electron chi connectivity index (χ0n) is 16.3. The van der Waals surface area contributed by atoms with Crippen LogP contribution in [0.1, 0.15) is 20.8 Å². The lowest BCUT2D eigenvalue weighted by atomic mass is 10.2. The van der Waals surface area contributed by atoms with Crippen LogP contribution in [-0.4, -0.2) is 56.7 Å². The van der Waals surface area contributed by atoms with E-state index in [-0.39, 0.29) is 18.1 Å². The molecule has 27 heavy (non-hydrogen) atoms. The number of likely N-dealkylation sites (N-methyl/N-ethyl adjacent to an activating group) is 1. The van der Waals surface area contributed by atoms with Crippen LogP contribution in [0.2, 0.25) is 0 Å². The van der Waals surface area contributed by atoms with E-state index in [0.717, 1.165) is 22.2 Å². The van der Waals surface area contributed by atoms with Gasteiger partial charge in [0.2, 0.25) is 5.91 Å². The van der Waals surface area contributed by atoms with Crippen LogP contribution in [0.3, 0.4) is 0 Å². The summed E-state index contributed by atoms with van der Waals surface area (Å²) in [6.45, 7) is 6.15. The standard InChI is InChI=1S/C14H15N5O.C5H10O2/c1-18(2)14(20)9-19-8-11(7-17-19)13-5-12-10(6-16-13)3-4-15-12;1-5(2,3)7-4-6/h3-8,15H,9H2,1-2H3;4H,1-3H3. The topological polar surface area (TPSA) is 93.1 Å². The first-order valence-corrected chi connectivity index (χ1v) is 8.47. The summed E-state index contributed by atoms with van der Waals surface area (Å²) in [5.41, 5.74) is 2.45. The number of aromatic nitrogens is 4. The number of H-pyrrole nitrogens is 1. The minimum Gasteiger partial charge on any atom is -0.462 e. The Balaban J connectivity index is 0.000000321. The number of pyridine rings is 1. The lowest BCUT2D eigenvalue weighted by Gasteiger charge is -2.14. The van der Waals surface area contributed by atoms with Crippen LogP contribution in [-0.2, 0) is 20.9 Å². The van der Waals surface area contributed by atoms with Gasteiger partial charge in [-0.3, -0.25) is 19.3 Å². The Morgan fingerprint density at radius 3 is 2.67 bits per heavy atom. The third-order valence-corrected chi connectivity index (χ3v) is 3.56. The molecule has 0 spiro atoms. The smallest absolute Gasteiger partial charge is 0.293 e. The van der Waals surface area contributed by atoms with Gasteiger partial charge in [-0.15, -0.1) is 0 Å². The molecule has 0 aliphatic carbocycles. The van der Waals surface area contributed by atoms with E-state index in [1.54, 1.807) is 29.9 Å². The van der Waals surface area contributed by atoms with E-state index in [2.05, 4.69) is 19.8 Å². The number of carbonyl (C=O) groups is 2. The van der Waals surface area contributed by atoms with Crippen molar-refractivity contribution in [1.29, 1.82) is 0 Å². The summed E-state index contributed by atoms with van der Waals surface area (Å²) in [6.07, 6.45) is 7.26. The van der Waals surface area contributed by atoms with E-state index in [0.29, 0.717) is 6.47 Å². The number of nitrogens with one attached hydrogen (secondary N) is 1. The Labute approximate surface area is 158 Å². The first-order valence-electron chi connectivity index (χ1n) is 8.47. The van der Waals surface area contributed by atoms with Gasteiger partial charge < -0.3 is 14.6 Å². The average molecular weight is 371 g/mol.